The number of ketones is 2. The van der Waals surface area contributed by atoms with Crippen molar-refractivity contribution in [3.05, 3.63) is 35.4 Å². The first-order valence-electron chi connectivity index (χ1n) is 12.3. The molecule has 10 heteroatoms. The van der Waals surface area contributed by atoms with Gasteiger partial charge in [0.25, 0.3) is 0 Å². The second kappa shape index (κ2) is 21.9. The minimum Gasteiger partial charge on any atom is -0.396 e. The quantitative estimate of drug-likeness (QED) is 0.129. The zero-order valence-corrected chi connectivity index (χ0v) is 21.3. The molecule has 1 aromatic rings. The maximum absolute atomic E-state index is 10.7. The van der Waals surface area contributed by atoms with Crippen LogP contribution in [0.3, 0.4) is 0 Å². The van der Waals surface area contributed by atoms with E-state index < -0.39 is 0 Å². The Hall–Kier alpha value is -3.56. The van der Waals surface area contributed by atoms with E-state index in [-0.39, 0.29) is 11.6 Å². The molecule has 0 saturated carbocycles. The van der Waals surface area contributed by atoms with Gasteiger partial charge in [0.1, 0.15) is 38.9 Å². The number of carbonyl (C=O) groups excluding carboxylic acids is 2. The summed E-state index contributed by atoms with van der Waals surface area (Å²) in [6.07, 6.45) is 13.3. The van der Waals surface area contributed by atoms with Crippen LogP contribution in [-0.4, -0.2) is 62.9 Å². The third-order valence-electron chi connectivity index (χ3n) is 4.55. The van der Waals surface area contributed by atoms with E-state index in [4.69, 9.17) is 19.4 Å². The van der Waals surface area contributed by atoms with E-state index >= 15 is 0 Å². The van der Waals surface area contributed by atoms with Crippen molar-refractivity contribution in [3.8, 4) is 0 Å². The molecule has 36 heavy (non-hydrogen) atoms. The van der Waals surface area contributed by atoms with Gasteiger partial charge in [-0.1, -0.05) is 44.9 Å². The van der Waals surface area contributed by atoms with Crippen molar-refractivity contribution in [1.29, 1.82) is 0 Å². The van der Waals surface area contributed by atoms with Crippen molar-refractivity contribution in [2.45, 2.75) is 65.2 Å². The Kier molecular flexibility index (Phi) is 18.6. The van der Waals surface area contributed by atoms with Gasteiger partial charge >= 0.3 is 0 Å². The highest BCUT2D eigenvalue weighted by molar-refractivity contribution is 6.26. The molecule has 0 aliphatic carbocycles. The lowest BCUT2D eigenvalue weighted by Crippen LogP contribution is -1.95. The number of carbonyl (C=O) groups is 2. The highest BCUT2D eigenvalue weighted by Crippen LogP contribution is 2.04. The summed E-state index contributed by atoms with van der Waals surface area (Å²) < 4.78 is 0. The Balaban J connectivity index is 2.00. The Bertz CT molecular complexity index is 768. The van der Waals surface area contributed by atoms with Crippen molar-refractivity contribution in [1.82, 2.24) is 0 Å². The van der Waals surface area contributed by atoms with Crippen LogP contribution in [0.1, 0.15) is 76.3 Å². The maximum atomic E-state index is 10.7. The number of oxime groups is 4. The molecule has 1 aromatic carbocycles. The fraction of sp³-hybridized carbons (Fsp3) is 0.538. The van der Waals surface area contributed by atoms with Gasteiger partial charge in [-0.15, -0.1) is 0 Å². The van der Waals surface area contributed by atoms with Gasteiger partial charge in [0.05, 0.1) is 12.4 Å². The topological polar surface area (TPSA) is 120 Å². The molecule has 0 atom stereocenters. The maximum Gasteiger partial charge on any atom is 0.174 e. The molecular formula is C26H38N4O6. The summed E-state index contributed by atoms with van der Waals surface area (Å²) >= 11 is 0. The molecular weight excluding hydrogens is 464 g/mol. The van der Waals surface area contributed by atoms with Gasteiger partial charge in [-0.3, -0.25) is 9.59 Å². The van der Waals surface area contributed by atoms with Gasteiger partial charge in [-0.2, -0.15) is 0 Å². The predicted octanol–water partition coefficient (Wildman–Crippen LogP) is 4.69. The molecule has 0 spiro atoms. The summed E-state index contributed by atoms with van der Waals surface area (Å²) in [4.78, 5) is 41.9. The number of unbranched alkanes of at least 4 members (excludes halogenated alkanes) is 6. The Morgan fingerprint density at radius 1 is 0.556 bits per heavy atom. The number of benzene rings is 1. The van der Waals surface area contributed by atoms with Crippen LogP contribution in [0.2, 0.25) is 0 Å². The smallest absolute Gasteiger partial charge is 0.174 e. The highest BCUT2D eigenvalue weighted by atomic mass is 16.6. The molecule has 0 fully saturated rings. The van der Waals surface area contributed by atoms with Crippen LogP contribution in [0.15, 0.2) is 44.9 Å². The number of rotatable bonds is 22. The zero-order valence-electron chi connectivity index (χ0n) is 21.3. The molecule has 0 N–H and O–H groups in total. The molecule has 0 unspecified atom stereocenters. The van der Waals surface area contributed by atoms with E-state index in [9.17, 15) is 9.59 Å². The average Bonchev–Trinajstić information content (AvgIpc) is 2.85. The van der Waals surface area contributed by atoms with E-state index in [1.165, 1.54) is 26.3 Å². The molecule has 1 rings (SSSR count). The van der Waals surface area contributed by atoms with Crippen molar-refractivity contribution >= 4 is 36.4 Å². The predicted molar refractivity (Wildman–Crippen MR) is 141 cm³/mol. The lowest BCUT2D eigenvalue weighted by molar-refractivity contribution is -0.111. The van der Waals surface area contributed by atoms with Crippen molar-refractivity contribution in [2.75, 3.05) is 26.4 Å². The Labute approximate surface area is 213 Å². The van der Waals surface area contributed by atoms with Crippen molar-refractivity contribution < 1.29 is 28.9 Å². The van der Waals surface area contributed by atoms with E-state index in [1.807, 2.05) is 24.3 Å². The third kappa shape index (κ3) is 19.9. The number of hydrogen-bond donors (Lipinski definition) is 0. The summed E-state index contributed by atoms with van der Waals surface area (Å²) in [6.45, 7) is 5.00. The van der Waals surface area contributed by atoms with Gasteiger partial charge in [-0.25, -0.2) is 0 Å². The zero-order chi connectivity index (χ0) is 26.1. The minimum atomic E-state index is -0.125. The lowest BCUT2D eigenvalue weighted by Gasteiger charge is -2.01. The monoisotopic (exact) mass is 502 g/mol. The van der Waals surface area contributed by atoms with Crippen LogP contribution < -0.4 is 0 Å². The molecule has 0 bridgehead atoms. The number of hydrogen-bond acceptors (Lipinski definition) is 10. The van der Waals surface area contributed by atoms with Gasteiger partial charge in [0.2, 0.25) is 0 Å². The fourth-order valence-electron chi connectivity index (χ4n) is 2.67. The van der Waals surface area contributed by atoms with Crippen LogP contribution in [-0.2, 0) is 28.9 Å². The highest BCUT2D eigenvalue weighted by Gasteiger charge is 1.94. The van der Waals surface area contributed by atoms with Crippen LogP contribution >= 0.6 is 0 Å². The lowest BCUT2D eigenvalue weighted by atomic mass is 10.2. The van der Waals surface area contributed by atoms with Crippen LogP contribution in [0.5, 0.6) is 0 Å². The summed E-state index contributed by atoms with van der Waals surface area (Å²) in [5.74, 6) is -0.250. The standard InChI is InChI=1S/C26H38N4O6/c1-23(31)19-27-33-15-7-3-5-9-17-35-29-21-25-11-13-26(14-12-25)22-30-36-18-10-6-4-8-16-34-28-20-24(2)32/h11-14,19-22H,3-10,15-18H2,1-2H3/b27-19+,28-20+,29-21+,30-22+. The second-order valence-corrected chi connectivity index (χ2v) is 7.99. The molecule has 0 amide bonds. The van der Waals surface area contributed by atoms with E-state index in [1.54, 1.807) is 12.4 Å². The summed E-state index contributed by atoms with van der Waals surface area (Å²) in [5.41, 5.74) is 1.87. The first-order chi connectivity index (χ1) is 17.6. The fourth-order valence-corrected chi connectivity index (χ4v) is 2.67. The summed E-state index contributed by atoms with van der Waals surface area (Å²) in [7, 11) is 0. The average molecular weight is 503 g/mol. The van der Waals surface area contributed by atoms with E-state index in [0.29, 0.717) is 26.4 Å². The molecule has 198 valence electrons. The van der Waals surface area contributed by atoms with Gasteiger partial charge in [-0.05, 0) is 62.5 Å². The molecule has 10 nitrogen and oxygen atoms in total. The number of nitrogens with zero attached hydrogens (tertiary/aromatic N) is 4. The first-order valence-corrected chi connectivity index (χ1v) is 12.3. The SMILES string of the molecule is CC(=O)/C=N/OCCCCCCO/N=C/c1ccc(/C=N/OCCCCCCO/N=C/C(C)=O)cc1. The second-order valence-electron chi connectivity index (χ2n) is 7.99. The van der Waals surface area contributed by atoms with E-state index in [0.717, 1.165) is 62.5 Å². The van der Waals surface area contributed by atoms with Crippen LogP contribution in [0.25, 0.3) is 0 Å². The molecule has 0 aliphatic heterocycles. The molecule has 0 radical (unpaired) electrons. The van der Waals surface area contributed by atoms with Crippen LogP contribution in [0.4, 0.5) is 0 Å². The Morgan fingerprint density at radius 2 is 0.861 bits per heavy atom. The largest absolute Gasteiger partial charge is 0.396 e. The van der Waals surface area contributed by atoms with Crippen molar-refractivity contribution in [2.24, 2.45) is 20.6 Å². The van der Waals surface area contributed by atoms with Gasteiger partial charge in [0.15, 0.2) is 11.6 Å². The third-order valence-corrected chi connectivity index (χ3v) is 4.55. The van der Waals surface area contributed by atoms with E-state index in [2.05, 4.69) is 20.6 Å². The van der Waals surface area contributed by atoms with Gasteiger partial charge in [0, 0.05) is 13.8 Å². The first kappa shape index (κ1) is 30.5. The van der Waals surface area contributed by atoms with Crippen LogP contribution in [0, 0.1) is 0 Å². The van der Waals surface area contributed by atoms with Gasteiger partial charge < -0.3 is 19.4 Å². The summed E-state index contributed by atoms with van der Waals surface area (Å²) in [6, 6.07) is 7.74. The normalized spacial score (nSPS) is 11.6. The molecule has 0 saturated heterocycles. The summed E-state index contributed by atoms with van der Waals surface area (Å²) in [5, 5.41) is 15.1. The van der Waals surface area contributed by atoms with Crippen molar-refractivity contribution in [3.63, 3.8) is 0 Å². The molecule has 0 heterocycles. The number of Topliss-reactive ketones (excluding diaryl/α,β-unsaturated/α-hetero) is 2. The molecule has 0 aliphatic rings. The Morgan fingerprint density at radius 3 is 1.17 bits per heavy atom. The molecule has 0 aromatic heterocycles. The minimum absolute atomic E-state index is 0.125.